The lowest BCUT2D eigenvalue weighted by Crippen LogP contribution is -2.51. The largest absolute Gasteiger partial charge is 0.460 e. The van der Waals surface area contributed by atoms with Crippen molar-refractivity contribution in [1.82, 2.24) is 14.9 Å². The molecule has 12 heteroatoms. The topological polar surface area (TPSA) is 140 Å². The molecule has 2 fully saturated rings. The van der Waals surface area contributed by atoms with Crippen LogP contribution in [0.2, 0.25) is 0 Å². The maximum Gasteiger partial charge on any atom is 0.407 e. The van der Waals surface area contributed by atoms with Gasteiger partial charge in [0.25, 0.3) is 0 Å². The highest BCUT2D eigenvalue weighted by atomic mass is 32.2. The highest BCUT2D eigenvalue weighted by Gasteiger charge is 2.44. The van der Waals surface area contributed by atoms with Crippen LogP contribution in [0, 0.1) is 11.8 Å². The minimum absolute atomic E-state index is 0.0178. The van der Waals surface area contributed by atoms with E-state index in [2.05, 4.69) is 10.6 Å². The van der Waals surface area contributed by atoms with Crippen molar-refractivity contribution in [3.63, 3.8) is 0 Å². The number of amides is 1. The summed E-state index contributed by atoms with van der Waals surface area (Å²) in [5.74, 6) is 0.667. The van der Waals surface area contributed by atoms with Crippen molar-refractivity contribution in [3.8, 4) is 0 Å². The summed E-state index contributed by atoms with van der Waals surface area (Å²) < 4.78 is 52.0. The molecule has 0 saturated carbocycles. The van der Waals surface area contributed by atoms with Crippen LogP contribution in [0.1, 0.15) is 38.5 Å². The van der Waals surface area contributed by atoms with Crippen LogP contribution in [-0.2, 0) is 37.2 Å². The summed E-state index contributed by atoms with van der Waals surface area (Å²) in [5, 5.41) is 18.2. The Labute approximate surface area is 258 Å². The number of sulfonamides is 1. The third-order valence-electron chi connectivity index (χ3n) is 8.00. The van der Waals surface area contributed by atoms with Gasteiger partial charge in [-0.2, -0.15) is 4.31 Å². The number of aliphatic hydroxyl groups excluding tert-OH is 1. The van der Waals surface area contributed by atoms with E-state index in [1.54, 1.807) is 12.1 Å². The Morgan fingerprint density at radius 2 is 1.91 bits per heavy atom. The summed E-state index contributed by atoms with van der Waals surface area (Å²) in [6, 6.07) is 15.2. The van der Waals surface area contributed by atoms with Crippen molar-refractivity contribution in [2.75, 3.05) is 32.8 Å². The van der Waals surface area contributed by atoms with E-state index in [1.807, 2.05) is 57.2 Å². The van der Waals surface area contributed by atoms with Gasteiger partial charge in [-0.1, -0.05) is 51.1 Å². The quantitative estimate of drug-likeness (QED) is 0.244. The number of rotatable bonds is 14. The molecule has 3 N–H and O–H groups in total. The lowest BCUT2D eigenvalue weighted by molar-refractivity contribution is -0.0907. The third-order valence-corrected chi connectivity index (χ3v) is 9.82. The number of nitrogens with one attached hydrogen (secondary N) is 2. The number of carbonyl (C=O) groups is 1. The Balaban J connectivity index is 1.34. The van der Waals surface area contributed by atoms with Gasteiger partial charge in [0.05, 0.1) is 42.7 Å². The Morgan fingerprint density at radius 3 is 2.66 bits per heavy atom. The molecule has 1 aromatic heterocycles. The first-order chi connectivity index (χ1) is 21.1. The molecule has 3 aromatic rings. The normalized spacial score (nSPS) is 21.5. The number of hydrogen-bond donors (Lipinski definition) is 3. The first-order valence-electron chi connectivity index (χ1n) is 15.3. The molecule has 0 radical (unpaired) electrons. The molecular formula is C32H43N3O8S. The highest BCUT2D eigenvalue weighted by molar-refractivity contribution is 7.89. The molecular weight excluding hydrogens is 586 g/mol. The van der Waals surface area contributed by atoms with E-state index in [1.165, 1.54) is 10.4 Å². The highest BCUT2D eigenvalue weighted by Crippen LogP contribution is 2.33. The number of alkyl carbamates (subject to hydrolysis) is 1. The number of hydrogen-bond acceptors (Lipinski definition) is 9. The molecule has 240 valence electrons. The number of ether oxygens (including phenoxy) is 3. The molecule has 2 aliphatic rings. The first kappa shape index (κ1) is 32.4. The smallest absolute Gasteiger partial charge is 0.407 e. The molecule has 2 aliphatic heterocycles. The molecule has 5 atom stereocenters. The second kappa shape index (κ2) is 14.4. The van der Waals surface area contributed by atoms with Crippen LogP contribution in [-0.4, -0.2) is 81.3 Å². The molecule has 0 aliphatic carbocycles. The average Bonchev–Trinajstić information content (AvgIpc) is 3.72. The van der Waals surface area contributed by atoms with Gasteiger partial charge in [0.2, 0.25) is 10.0 Å². The minimum atomic E-state index is -4.01. The fourth-order valence-corrected chi connectivity index (χ4v) is 7.41. The molecule has 2 aromatic carbocycles. The molecule has 5 rings (SSSR count). The summed E-state index contributed by atoms with van der Waals surface area (Å²) in [7, 11) is -4.01. The van der Waals surface area contributed by atoms with Crippen molar-refractivity contribution < 1.29 is 36.9 Å². The second-order valence-corrected chi connectivity index (χ2v) is 13.8. The molecule has 44 heavy (non-hydrogen) atoms. The number of furan rings is 1. The van der Waals surface area contributed by atoms with E-state index in [9.17, 15) is 18.3 Å². The fourth-order valence-electron chi connectivity index (χ4n) is 5.76. The molecule has 0 spiro atoms. The molecule has 1 unspecified atom stereocenters. The van der Waals surface area contributed by atoms with Crippen LogP contribution in [0.25, 0.3) is 11.0 Å². The number of aliphatic hydroxyl groups is 1. The Bertz CT molecular complexity index is 1500. The van der Waals surface area contributed by atoms with Crippen molar-refractivity contribution in [3.05, 3.63) is 65.9 Å². The predicted octanol–water partition coefficient (Wildman–Crippen LogP) is 3.65. The van der Waals surface area contributed by atoms with E-state index < -0.39 is 34.4 Å². The molecule has 11 nitrogen and oxygen atoms in total. The average molecular weight is 630 g/mol. The van der Waals surface area contributed by atoms with Crippen molar-refractivity contribution in [2.24, 2.45) is 11.8 Å². The van der Waals surface area contributed by atoms with Gasteiger partial charge in [-0.15, -0.1) is 0 Å². The lowest BCUT2D eigenvalue weighted by Gasteiger charge is -2.31. The van der Waals surface area contributed by atoms with Gasteiger partial charge < -0.3 is 34.4 Å². The van der Waals surface area contributed by atoms with E-state index in [4.69, 9.17) is 18.6 Å². The van der Waals surface area contributed by atoms with Gasteiger partial charge >= 0.3 is 6.09 Å². The Hall–Kier alpha value is -3.00. The van der Waals surface area contributed by atoms with Crippen LogP contribution in [0.15, 0.2) is 63.9 Å². The SMILES string of the molecule is CCNCc1cc2cc(S(=O)(=O)N(CC(C)C)C[C@@H](O)[C@H](Cc3ccccc3)NC(=O)OC3CO[C@H]4OCC[C@@H]34)ccc2o1. The zero-order valence-corrected chi connectivity index (χ0v) is 26.3. The van der Waals surface area contributed by atoms with Crippen LogP contribution in [0.4, 0.5) is 4.79 Å². The predicted molar refractivity (Wildman–Crippen MR) is 164 cm³/mol. The van der Waals surface area contributed by atoms with Crippen LogP contribution in [0.5, 0.6) is 0 Å². The van der Waals surface area contributed by atoms with Crippen molar-refractivity contribution in [1.29, 1.82) is 0 Å². The molecule has 2 saturated heterocycles. The maximum atomic E-state index is 14.0. The van der Waals surface area contributed by atoms with Gasteiger partial charge in [0.1, 0.15) is 17.4 Å². The van der Waals surface area contributed by atoms with Crippen molar-refractivity contribution in [2.45, 2.75) is 69.6 Å². The third kappa shape index (κ3) is 7.79. The zero-order chi connectivity index (χ0) is 31.3. The van der Waals surface area contributed by atoms with Crippen LogP contribution >= 0.6 is 0 Å². The van der Waals surface area contributed by atoms with E-state index in [0.29, 0.717) is 29.9 Å². The minimum Gasteiger partial charge on any atom is -0.460 e. The molecule has 0 bridgehead atoms. The Kier molecular flexibility index (Phi) is 10.6. The zero-order valence-electron chi connectivity index (χ0n) is 25.5. The standard InChI is InChI=1S/C32H43N3O8S/c1-4-33-17-24-15-23-16-25(10-11-29(23)42-24)44(38,39)35(18-21(2)3)19-28(36)27(14-22-8-6-5-7-9-22)34-32(37)43-30-20-41-31-26(30)12-13-40-31/h5-11,15-16,21,26-28,30-31,33,36H,4,12-14,17-20H2,1-3H3,(H,34,37)/t26-,27-,28+,30?,31+/m0/s1. The van der Waals surface area contributed by atoms with E-state index in [0.717, 1.165) is 18.5 Å². The number of nitrogens with zero attached hydrogens (tertiary/aromatic N) is 1. The van der Waals surface area contributed by atoms with E-state index >= 15 is 0 Å². The summed E-state index contributed by atoms with van der Waals surface area (Å²) in [6.07, 6.45) is -1.73. The van der Waals surface area contributed by atoms with Crippen LogP contribution < -0.4 is 10.6 Å². The maximum absolute atomic E-state index is 14.0. The van der Waals surface area contributed by atoms with E-state index in [-0.39, 0.29) is 49.1 Å². The van der Waals surface area contributed by atoms with Gasteiger partial charge in [-0.05, 0) is 55.1 Å². The van der Waals surface area contributed by atoms with Gasteiger partial charge in [0.15, 0.2) is 6.29 Å². The van der Waals surface area contributed by atoms with Crippen LogP contribution in [0.3, 0.4) is 0 Å². The summed E-state index contributed by atoms with van der Waals surface area (Å²) in [6.45, 7) is 7.91. The summed E-state index contributed by atoms with van der Waals surface area (Å²) in [4.78, 5) is 13.2. The summed E-state index contributed by atoms with van der Waals surface area (Å²) >= 11 is 0. The first-order valence-corrected chi connectivity index (χ1v) is 16.7. The Morgan fingerprint density at radius 1 is 1.11 bits per heavy atom. The fraction of sp³-hybridized carbons (Fsp3) is 0.531. The van der Waals surface area contributed by atoms with Gasteiger partial charge in [-0.25, -0.2) is 13.2 Å². The molecule has 1 amide bonds. The lowest BCUT2D eigenvalue weighted by atomic mass is 10.0. The number of carbonyl (C=O) groups excluding carboxylic acids is 1. The number of benzene rings is 2. The summed E-state index contributed by atoms with van der Waals surface area (Å²) in [5.41, 5.74) is 1.48. The monoisotopic (exact) mass is 629 g/mol. The van der Waals surface area contributed by atoms with Crippen molar-refractivity contribution >= 4 is 27.1 Å². The molecule has 3 heterocycles. The number of fused-ring (bicyclic) bond motifs is 2. The van der Waals surface area contributed by atoms with Gasteiger partial charge in [-0.3, -0.25) is 0 Å². The second-order valence-electron chi connectivity index (χ2n) is 11.9. The van der Waals surface area contributed by atoms with Gasteiger partial charge in [0, 0.05) is 18.5 Å².